The molecule has 1 aliphatic heterocycles. The molecular formula is C20H22ClN3O5S. The molecule has 0 radical (unpaired) electrons. The van der Waals surface area contributed by atoms with Crippen LogP contribution in [0.5, 0.6) is 0 Å². The van der Waals surface area contributed by atoms with E-state index in [0.717, 1.165) is 0 Å². The highest BCUT2D eigenvalue weighted by atomic mass is 35.5. The van der Waals surface area contributed by atoms with E-state index in [1.807, 2.05) is 0 Å². The zero-order valence-corrected chi connectivity index (χ0v) is 17.7. The highest BCUT2D eigenvalue weighted by molar-refractivity contribution is 7.89. The van der Waals surface area contributed by atoms with Crippen LogP contribution in [0.2, 0.25) is 5.02 Å². The lowest BCUT2D eigenvalue weighted by molar-refractivity contribution is -0.116. The number of amides is 2. The van der Waals surface area contributed by atoms with Crippen molar-refractivity contribution in [3.63, 3.8) is 0 Å². The van der Waals surface area contributed by atoms with Gasteiger partial charge in [-0.1, -0.05) is 29.8 Å². The number of nitrogens with zero attached hydrogens (tertiary/aromatic N) is 1. The first kappa shape index (κ1) is 22.2. The Morgan fingerprint density at radius 1 is 1.07 bits per heavy atom. The van der Waals surface area contributed by atoms with Gasteiger partial charge < -0.3 is 15.0 Å². The second-order valence-electron chi connectivity index (χ2n) is 6.61. The topological polar surface area (TPSA) is 105 Å². The highest BCUT2D eigenvalue weighted by Gasteiger charge is 2.19. The zero-order valence-electron chi connectivity index (χ0n) is 16.1. The van der Waals surface area contributed by atoms with Gasteiger partial charge in [-0.3, -0.25) is 9.59 Å². The number of hydrogen-bond acceptors (Lipinski definition) is 5. The van der Waals surface area contributed by atoms with Gasteiger partial charge in [0.1, 0.15) is 4.90 Å². The van der Waals surface area contributed by atoms with Gasteiger partial charge in [0.05, 0.1) is 18.2 Å². The maximum atomic E-state index is 12.6. The molecule has 160 valence electrons. The van der Waals surface area contributed by atoms with Gasteiger partial charge in [-0.2, -0.15) is 0 Å². The first-order valence-corrected chi connectivity index (χ1v) is 11.2. The Hall–Kier alpha value is -2.46. The number of ether oxygens (including phenoxy) is 1. The van der Waals surface area contributed by atoms with Crippen LogP contribution in [-0.2, 0) is 19.6 Å². The SMILES string of the molecule is O=C(CCNS(=O)(=O)c1ccccc1Cl)Nc1cccc(C(=O)N2CCOCC2)c1. The van der Waals surface area contributed by atoms with Crippen molar-refractivity contribution in [1.82, 2.24) is 9.62 Å². The highest BCUT2D eigenvalue weighted by Crippen LogP contribution is 2.20. The van der Waals surface area contributed by atoms with E-state index in [0.29, 0.717) is 37.6 Å². The second kappa shape index (κ2) is 10.0. The van der Waals surface area contributed by atoms with E-state index in [2.05, 4.69) is 10.0 Å². The summed E-state index contributed by atoms with van der Waals surface area (Å²) in [6.07, 6.45) is -0.0781. The molecule has 2 amide bonds. The molecule has 1 fully saturated rings. The average Bonchev–Trinajstić information content (AvgIpc) is 2.74. The number of morpholine rings is 1. The minimum atomic E-state index is -3.81. The van der Waals surface area contributed by atoms with Crippen molar-refractivity contribution in [2.24, 2.45) is 0 Å². The smallest absolute Gasteiger partial charge is 0.254 e. The minimum absolute atomic E-state index is 0.0404. The van der Waals surface area contributed by atoms with Crippen LogP contribution in [0.15, 0.2) is 53.4 Å². The van der Waals surface area contributed by atoms with Gasteiger partial charge in [0.25, 0.3) is 5.91 Å². The van der Waals surface area contributed by atoms with Crippen LogP contribution in [0.25, 0.3) is 0 Å². The Morgan fingerprint density at radius 3 is 2.53 bits per heavy atom. The Kier molecular flexibility index (Phi) is 7.43. The van der Waals surface area contributed by atoms with Gasteiger partial charge in [0.15, 0.2) is 0 Å². The molecule has 2 N–H and O–H groups in total. The number of nitrogens with one attached hydrogen (secondary N) is 2. The van der Waals surface area contributed by atoms with Crippen molar-refractivity contribution in [3.05, 3.63) is 59.1 Å². The van der Waals surface area contributed by atoms with Crippen LogP contribution in [0.3, 0.4) is 0 Å². The molecule has 0 bridgehead atoms. The van der Waals surface area contributed by atoms with E-state index in [1.54, 1.807) is 41.3 Å². The summed E-state index contributed by atoms with van der Waals surface area (Å²) in [6.45, 7) is 1.98. The summed E-state index contributed by atoms with van der Waals surface area (Å²) in [6, 6.07) is 12.7. The molecular weight excluding hydrogens is 430 g/mol. The van der Waals surface area contributed by atoms with Crippen molar-refractivity contribution in [3.8, 4) is 0 Å². The molecule has 8 nitrogen and oxygen atoms in total. The van der Waals surface area contributed by atoms with Crippen LogP contribution in [0, 0.1) is 0 Å². The van der Waals surface area contributed by atoms with Gasteiger partial charge in [0.2, 0.25) is 15.9 Å². The van der Waals surface area contributed by atoms with E-state index in [9.17, 15) is 18.0 Å². The summed E-state index contributed by atoms with van der Waals surface area (Å²) in [5, 5.41) is 2.79. The molecule has 2 aromatic carbocycles. The zero-order chi connectivity index (χ0) is 21.6. The molecule has 1 saturated heterocycles. The van der Waals surface area contributed by atoms with Gasteiger partial charge in [-0.05, 0) is 30.3 Å². The maximum absolute atomic E-state index is 12.6. The van der Waals surface area contributed by atoms with Crippen LogP contribution in [0.1, 0.15) is 16.8 Å². The monoisotopic (exact) mass is 451 g/mol. The van der Waals surface area contributed by atoms with Crippen molar-refractivity contribution in [2.75, 3.05) is 38.2 Å². The predicted octanol–water partition coefficient (Wildman–Crippen LogP) is 2.12. The first-order chi connectivity index (χ1) is 14.4. The summed E-state index contributed by atoms with van der Waals surface area (Å²) in [5.41, 5.74) is 0.933. The Bertz CT molecular complexity index is 1020. The van der Waals surface area contributed by atoms with E-state index in [4.69, 9.17) is 16.3 Å². The van der Waals surface area contributed by atoms with E-state index >= 15 is 0 Å². The van der Waals surface area contributed by atoms with Crippen molar-refractivity contribution >= 4 is 39.1 Å². The van der Waals surface area contributed by atoms with E-state index < -0.39 is 10.0 Å². The molecule has 0 spiro atoms. The Labute approximate surface area is 180 Å². The van der Waals surface area contributed by atoms with Crippen LogP contribution in [0.4, 0.5) is 5.69 Å². The molecule has 10 heteroatoms. The number of rotatable bonds is 7. The summed E-state index contributed by atoms with van der Waals surface area (Å²) in [5.74, 6) is -0.505. The average molecular weight is 452 g/mol. The second-order valence-corrected chi connectivity index (χ2v) is 8.75. The van der Waals surface area contributed by atoms with Gasteiger partial charge in [0, 0.05) is 37.3 Å². The maximum Gasteiger partial charge on any atom is 0.254 e. The number of hydrogen-bond donors (Lipinski definition) is 2. The Balaban J connectivity index is 1.54. The van der Waals surface area contributed by atoms with E-state index in [1.165, 1.54) is 12.1 Å². The number of carbonyl (C=O) groups is 2. The lowest BCUT2D eigenvalue weighted by atomic mass is 10.1. The van der Waals surface area contributed by atoms with Crippen molar-refractivity contribution in [1.29, 1.82) is 0 Å². The molecule has 0 saturated carbocycles. The summed E-state index contributed by atoms with van der Waals surface area (Å²) in [4.78, 5) is 26.4. The number of sulfonamides is 1. The van der Waals surface area contributed by atoms with Crippen molar-refractivity contribution < 1.29 is 22.7 Å². The quantitative estimate of drug-likeness (QED) is 0.670. The third-order valence-corrected chi connectivity index (χ3v) is 6.42. The molecule has 2 aromatic rings. The van der Waals surface area contributed by atoms with Crippen LogP contribution in [-0.4, -0.2) is 58.0 Å². The first-order valence-electron chi connectivity index (χ1n) is 9.38. The lowest BCUT2D eigenvalue weighted by Crippen LogP contribution is -2.40. The van der Waals surface area contributed by atoms with Gasteiger partial charge in [-0.25, -0.2) is 13.1 Å². The molecule has 0 aliphatic carbocycles. The fourth-order valence-electron chi connectivity index (χ4n) is 2.94. The fourth-order valence-corrected chi connectivity index (χ4v) is 4.49. The molecule has 0 aromatic heterocycles. The molecule has 1 heterocycles. The summed E-state index contributed by atoms with van der Waals surface area (Å²) in [7, 11) is -3.81. The Morgan fingerprint density at radius 2 is 1.80 bits per heavy atom. The fraction of sp³-hybridized carbons (Fsp3) is 0.300. The lowest BCUT2D eigenvalue weighted by Gasteiger charge is -2.27. The molecule has 0 unspecified atom stereocenters. The number of anilines is 1. The third-order valence-electron chi connectivity index (χ3n) is 4.46. The third kappa shape index (κ3) is 5.79. The molecule has 3 rings (SSSR count). The molecule has 0 atom stereocenters. The minimum Gasteiger partial charge on any atom is -0.378 e. The summed E-state index contributed by atoms with van der Waals surface area (Å²) < 4.78 is 32.2. The summed E-state index contributed by atoms with van der Waals surface area (Å²) >= 11 is 5.92. The van der Waals surface area contributed by atoms with Gasteiger partial charge >= 0.3 is 0 Å². The molecule has 30 heavy (non-hydrogen) atoms. The predicted molar refractivity (Wildman–Crippen MR) is 113 cm³/mol. The number of halogens is 1. The standard InChI is InChI=1S/C20H22ClN3O5S/c21-17-6-1-2-7-18(17)30(27,28)22-9-8-19(25)23-16-5-3-4-15(14-16)20(26)24-10-12-29-13-11-24/h1-7,14,22H,8-13H2,(H,23,25). The van der Waals surface area contributed by atoms with E-state index in [-0.39, 0.29) is 34.7 Å². The van der Waals surface area contributed by atoms with Crippen LogP contribution >= 0.6 is 11.6 Å². The van der Waals surface area contributed by atoms with Crippen LogP contribution < -0.4 is 10.0 Å². The normalized spacial score (nSPS) is 14.4. The van der Waals surface area contributed by atoms with Crippen molar-refractivity contribution in [2.45, 2.75) is 11.3 Å². The number of benzene rings is 2. The number of carbonyl (C=O) groups excluding carboxylic acids is 2. The van der Waals surface area contributed by atoms with Gasteiger partial charge in [-0.15, -0.1) is 0 Å². The largest absolute Gasteiger partial charge is 0.378 e. The molecule has 1 aliphatic rings.